The summed E-state index contributed by atoms with van der Waals surface area (Å²) < 4.78 is 0. The first-order valence-corrected chi connectivity index (χ1v) is 8.52. The summed E-state index contributed by atoms with van der Waals surface area (Å²) in [6.07, 6.45) is 7.57. The zero-order chi connectivity index (χ0) is 13.9. The quantitative estimate of drug-likeness (QED) is 0.831. The van der Waals surface area contributed by atoms with Crippen LogP contribution in [0.2, 0.25) is 0 Å². The molecule has 0 aromatic rings. The molecule has 0 aliphatic carbocycles. The molecular formula is C16H29N3O. The average Bonchev–Trinajstić information content (AvgIpc) is 2.72. The maximum atomic E-state index is 12.7. The first kappa shape index (κ1) is 14.3. The number of nitrogens with one attached hydrogen (secondary N) is 1. The van der Waals surface area contributed by atoms with Gasteiger partial charge in [-0.05, 0) is 45.1 Å². The van der Waals surface area contributed by atoms with E-state index >= 15 is 0 Å². The maximum absolute atomic E-state index is 12.7. The van der Waals surface area contributed by atoms with Gasteiger partial charge < -0.3 is 10.2 Å². The number of piperidine rings is 1. The van der Waals surface area contributed by atoms with Gasteiger partial charge in [-0.1, -0.05) is 12.8 Å². The highest BCUT2D eigenvalue weighted by atomic mass is 16.2. The molecule has 0 spiro atoms. The molecule has 3 atom stereocenters. The number of rotatable bonds is 2. The molecule has 3 aliphatic heterocycles. The molecule has 1 amide bonds. The van der Waals surface area contributed by atoms with Crippen molar-refractivity contribution in [3.8, 4) is 0 Å². The van der Waals surface area contributed by atoms with Gasteiger partial charge in [-0.15, -0.1) is 0 Å². The summed E-state index contributed by atoms with van der Waals surface area (Å²) in [7, 11) is 0. The Morgan fingerprint density at radius 1 is 1.10 bits per heavy atom. The fourth-order valence-corrected chi connectivity index (χ4v) is 4.11. The molecule has 4 heteroatoms. The van der Waals surface area contributed by atoms with Crippen molar-refractivity contribution in [2.24, 2.45) is 5.92 Å². The number of carbonyl (C=O) groups is 1. The van der Waals surface area contributed by atoms with Gasteiger partial charge in [0.15, 0.2) is 0 Å². The molecule has 0 aromatic heterocycles. The van der Waals surface area contributed by atoms with Crippen LogP contribution in [0.3, 0.4) is 0 Å². The Bertz CT molecular complexity index is 325. The lowest BCUT2D eigenvalue weighted by atomic mass is 9.94. The van der Waals surface area contributed by atoms with Crippen LogP contribution < -0.4 is 5.32 Å². The van der Waals surface area contributed by atoms with E-state index in [1.54, 1.807) is 0 Å². The fraction of sp³-hybridized carbons (Fsp3) is 0.938. The largest absolute Gasteiger partial charge is 0.341 e. The molecule has 4 nitrogen and oxygen atoms in total. The Labute approximate surface area is 122 Å². The molecule has 0 aromatic carbocycles. The molecule has 3 rings (SSSR count). The van der Waals surface area contributed by atoms with Crippen LogP contribution in [0.4, 0.5) is 0 Å². The lowest BCUT2D eigenvalue weighted by molar-refractivity contribution is -0.136. The van der Waals surface area contributed by atoms with Crippen LogP contribution in [0.5, 0.6) is 0 Å². The van der Waals surface area contributed by atoms with E-state index in [2.05, 4.69) is 22.0 Å². The highest BCUT2D eigenvalue weighted by Crippen LogP contribution is 2.27. The molecule has 3 unspecified atom stereocenters. The number of hydrogen-bond acceptors (Lipinski definition) is 3. The van der Waals surface area contributed by atoms with Gasteiger partial charge in [0.05, 0.1) is 6.04 Å². The maximum Gasteiger partial charge on any atom is 0.239 e. The summed E-state index contributed by atoms with van der Waals surface area (Å²) >= 11 is 0. The molecule has 0 saturated carbocycles. The number of carbonyl (C=O) groups excluding carboxylic acids is 1. The van der Waals surface area contributed by atoms with Crippen LogP contribution in [-0.4, -0.2) is 60.5 Å². The molecule has 3 fully saturated rings. The van der Waals surface area contributed by atoms with E-state index in [0.717, 1.165) is 38.6 Å². The van der Waals surface area contributed by atoms with Crippen LogP contribution >= 0.6 is 0 Å². The smallest absolute Gasteiger partial charge is 0.239 e. The summed E-state index contributed by atoms with van der Waals surface area (Å²) in [6, 6.07) is 0.698. The minimum absolute atomic E-state index is 0.0699. The standard InChI is InChI=1S/C16H29N3O/c1-13(16(20)18-9-4-2-3-5-10-18)19-11-14-7-6-8-17-15(14)12-19/h13-15,17H,2-12H2,1H3. The van der Waals surface area contributed by atoms with Crippen molar-refractivity contribution in [1.82, 2.24) is 15.1 Å². The first-order valence-electron chi connectivity index (χ1n) is 8.52. The van der Waals surface area contributed by atoms with Gasteiger partial charge in [-0.25, -0.2) is 0 Å². The summed E-state index contributed by atoms with van der Waals surface area (Å²) in [6.45, 7) is 7.39. The van der Waals surface area contributed by atoms with Crippen molar-refractivity contribution in [1.29, 1.82) is 0 Å². The van der Waals surface area contributed by atoms with Crippen molar-refractivity contribution in [2.45, 2.75) is 57.5 Å². The predicted molar refractivity (Wildman–Crippen MR) is 80.6 cm³/mol. The molecular weight excluding hydrogens is 250 g/mol. The summed E-state index contributed by atoms with van der Waals surface area (Å²) in [5, 5.41) is 3.63. The van der Waals surface area contributed by atoms with E-state index < -0.39 is 0 Å². The van der Waals surface area contributed by atoms with E-state index in [-0.39, 0.29) is 6.04 Å². The Hall–Kier alpha value is -0.610. The SMILES string of the molecule is CC(C(=O)N1CCCCCC1)N1CC2CCCNC2C1. The minimum atomic E-state index is 0.0699. The molecule has 0 bridgehead atoms. The average molecular weight is 279 g/mol. The molecule has 3 aliphatic rings. The molecule has 1 N–H and O–H groups in total. The number of likely N-dealkylation sites (tertiary alicyclic amines) is 2. The zero-order valence-electron chi connectivity index (χ0n) is 12.8. The van der Waals surface area contributed by atoms with Gasteiger partial charge in [0.25, 0.3) is 0 Å². The topological polar surface area (TPSA) is 35.6 Å². The third-order valence-corrected chi connectivity index (χ3v) is 5.45. The Balaban J connectivity index is 1.57. The van der Waals surface area contributed by atoms with Gasteiger partial charge in [-0.3, -0.25) is 9.69 Å². The van der Waals surface area contributed by atoms with Crippen LogP contribution in [0, 0.1) is 5.92 Å². The normalized spacial score (nSPS) is 33.5. The second kappa shape index (κ2) is 6.44. The van der Waals surface area contributed by atoms with E-state index in [1.807, 2.05) is 0 Å². The van der Waals surface area contributed by atoms with Crippen molar-refractivity contribution in [2.75, 3.05) is 32.7 Å². The van der Waals surface area contributed by atoms with Crippen LogP contribution in [0.1, 0.15) is 45.4 Å². The van der Waals surface area contributed by atoms with Crippen molar-refractivity contribution in [3.05, 3.63) is 0 Å². The van der Waals surface area contributed by atoms with E-state index in [0.29, 0.717) is 11.9 Å². The van der Waals surface area contributed by atoms with Gasteiger partial charge in [0, 0.05) is 32.2 Å². The fourth-order valence-electron chi connectivity index (χ4n) is 4.11. The van der Waals surface area contributed by atoms with E-state index in [9.17, 15) is 4.79 Å². The Kier molecular flexibility index (Phi) is 4.61. The third kappa shape index (κ3) is 3.01. The first-order chi connectivity index (χ1) is 9.75. The zero-order valence-corrected chi connectivity index (χ0v) is 12.8. The van der Waals surface area contributed by atoms with Crippen LogP contribution in [0.25, 0.3) is 0 Å². The van der Waals surface area contributed by atoms with Gasteiger partial charge in [0.1, 0.15) is 0 Å². The van der Waals surface area contributed by atoms with Crippen LogP contribution in [0.15, 0.2) is 0 Å². The van der Waals surface area contributed by atoms with Crippen molar-refractivity contribution in [3.63, 3.8) is 0 Å². The molecule has 0 radical (unpaired) electrons. The van der Waals surface area contributed by atoms with Gasteiger partial charge in [-0.2, -0.15) is 0 Å². The number of fused-ring (bicyclic) bond motifs is 1. The third-order valence-electron chi connectivity index (χ3n) is 5.45. The van der Waals surface area contributed by atoms with Gasteiger partial charge in [0.2, 0.25) is 5.91 Å². The molecule has 3 saturated heterocycles. The second-order valence-electron chi connectivity index (χ2n) is 6.83. The number of hydrogen-bond donors (Lipinski definition) is 1. The molecule has 20 heavy (non-hydrogen) atoms. The number of amides is 1. The monoisotopic (exact) mass is 279 g/mol. The van der Waals surface area contributed by atoms with Gasteiger partial charge >= 0.3 is 0 Å². The Morgan fingerprint density at radius 3 is 2.55 bits per heavy atom. The highest BCUT2D eigenvalue weighted by Gasteiger charge is 2.38. The lowest BCUT2D eigenvalue weighted by Gasteiger charge is -2.29. The van der Waals surface area contributed by atoms with Crippen LogP contribution in [-0.2, 0) is 4.79 Å². The summed E-state index contributed by atoms with van der Waals surface area (Å²) in [4.78, 5) is 17.2. The summed E-state index contributed by atoms with van der Waals surface area (Å²) in [5.74, 6) is 1.13. The Morgan fingerprint density at radius 2 is 1.85 bits per heavy atom. The molecule has 114 valence electrons. The second-order valence-corrected chi connectivity index (χ2v) is 6.83. The minimum Gasteiger partial charge on any atom is -0.341 e. The summed E-state index contributed by atoms with van der Waals surface area (Å²) in [5.41, 5.74) is 0. The molecule has 3 heterocycles. The van der Waals surface area contributed by atoms with E-state index in [1.165, 1.54) is 38.5 Å². The lowest BCUT2D eigenvalue weighted by Crippen LogP contribution is -2.47. The van der Waals surface area contributed by atoms with Crippen molar-refractivity contribution >= 4 is 5.91 Å². The predicted octanol–water partition coefficient (Wildman–Crippen LogP) is 1.46. The van der Waals surface area contributed by atoms with Crippen molar-refractivity contribution < 1.29 is 4.79 Å². The van der Waals surface area contributed by atoms with E-state index in [4.69, 9.17) is 0 Å². The number of nitrogens with zero attached hydrogens (tertiary/aromatic N) is 2. The highest BCUT2D eigenvalue weighted by molar-refractivity contribution is 5.81.